The van der Waals surface area contributed by atoms with Crippen molar-refractivity contribution in [1.29, 1.82) is 0 Å². The summed E-state index contributed by atoms with van der Waals surface area (Å²) in [5.41, 5.74) is 0.899. The summed E-state index contributed by atoms with van der Waals surface area (Å²) in [6.45, 7) is 5.17. The highest BCUT2D eigenvalue weighted by Gasteiger charge is 2.18. The number of rotatable bonds is 4. The van der Waals surface area contributed by atoms with Crippen LogP contribution < -0.4 is 5.32 Å². The zero-order valence-electron chi connectivity index (χ0n) is 9.53. The number of carbonyl (C=O) groups is 2. The molecule has 0 spiro atoms. The minimum Gasteiger partial charge on any atom is -0.480 e. The van der Waals surface area contributed by atoms with Crippen molar-refractivity contribution in [3.63, 3.8) is 0 Å². The zero-order valence-corrected chi connectivity index (χ0v) is 9.53. The van der Waals surface area contributed by atoms with Crippen molar-refractivity contribution in [2.45, 2.75) is 33.2 Å². The second kappa shape index (κ2) is 4.83. The lowest BCUT2D eigenvalue weighted by Gasteiger charge is -2.06. The van der Waals surface area contributed by atoms with Crippen molar-refractivity contribution >= 4 is 11.9 Å². The molecule has 1 atom stereocenters. The van der Waals surface area contributed by atoms with Crippen LogP contribution in [0.3, 0.4) is 0 Å². The largest absolute Gasteiger partial charge is 0.480 e. The van der Waals surface area contributed by atoms with E-state index in [4.69, 9.17) is 9.52 Å². The molecule has 5 nitrogen and oxygen atoms in total. The first-order valence-corrected chi connectivity index (χ1v) is 5.08. The highest BCUT2D eigenvalue weighted by atomic mass is 16.4. The van der Waals surface area contributed by atoms with Gasteiger partial charge in [-0.1, -0.05) is 6.92 Å². The number of nitrogens with one attached hydrogen (secondary N) is 1. The second-order valence-corrected chi connectivity index (χ2v) is 3.60. The number of carboxylic acids is 1. The summed E-state index contributed by atoms with van der Waals surface area (Å²) in [4.78, 5) is 22.1. The standard InChI is InChI=1S/C11H15NO4/c1-4-8-6(2)5-9(16-8)10(13)12-7(3)11(14)15/h5,7H,4H2,1-3H3,(H,12,13)(H,14,15)/t7-/m1/s1. The van der Waals surface area contributed by atoms with E-state index in [1.165, 1.54) is 6.92 Å². The summed E-state index contributed by atoms with van der Waals surface area (Å²) in [6, 6.07) is 0.686. The normalized spacial score (nSPS) is 12.2. The van der Waals surface area contributed by atoms with Gasteiger partial charge < -0.3 is 14.8 Å². The Morgan fingerprint density at radius 2 is 2.19 bits per heavy atom. The van der Waals surface area contributed by atoms with Crippen LogP contribution in [-0.2, 0) is 11.2 Å². The number of carboxylic acid groups (broad SMARTS) is 1. The molecule has 0 aliphatic carbocycles. The lowest BCUT2D eigenvalue weighted by Crippen LogP contribution is -2.38. The average Bonchev–Trinajstić information content (AvgIpc) is 2.59. The number of aryl methyl sites for hydroxylation is 2. The predicted octanol–water partition coefficient (Wildman–Crippen LogP) is 1.35. The molecule has 1 aromatic rings. The van der Waals surface area contributed by atoms with Crippen LogP contribution in [0.2, 0.25) is 0 Å². The molecule has 0 saturated heterocycles. The summed E-state index contributed by atoms with van der Waals surface area (Å²) >= 11 is 0. The Labute approximate surface area is 93.4 Å². The maximum atomic E-state index is 11.6. The molecule has 0 unspecified atom stereocenters. The number of hydrogen-bond acceptors (Lipinski definition) is 3. The minimum absolute atomic E-state index is 0.155. The summed E-state index contributed by atoms with van der Waals surface area (Å²) in [7, 11) is 0. The fourth-order valence-electron chi connectivity index (χ4n) is 1.31. The molecule has 2 N–H and O–H groups in total. The molecule has 1 rings (SSSR count). The van der Waals surface area contributed by atoms with Crippen molar-refractivity contribution in [1.82, 2.24) is 5.32 Å². The summed E-state index contributed by atoms with van der Waals surface area (Å²) in [6.07, 6.45) is 0.702. The Kier molecular flexibility index (Phi) is 3.71. The van der Waals surface area contributed by atoms with Crippen LogP contribution in [0.4, 0.5) is 0 Å². The Bertz CT molecular complexity index is 408. The molecule has 1 heterocycles. The van der Waals surface area contributed by atoms with Crippen molar-refractivity contribution in [2.75, 3.05) is 0 Å². The van der Waals surface area contributed by atoms with Gasteiger partial charge in [0.2, 0.25) is 0 Å². The summed E-state index contributed by atoms with van der Waals surface area (Å²) in [5.74, 6) is -0.680. The SMILES string of the molecule is CCc1oc(C(=O)N[C@H](C)C(=O)O)cc1C. The van der Waals surface area contributed by atoms with Crippen molar-refractivity contribution in [3.8, 4) is 0 Å². The van der Waals surface area contributed by atoms with E-state index in [0.29, 0.717) is 6.42 Å². The maximum absolute atomic E-state index is 11.6. The van der Waals surface area contributed by atoms with Crippen LogP contribution in [-0.4, -0.2) is 23.0 Å². The molecule has 0 fully saturated rings. The third kappa shape index (κ3) is 2.62. The van der Waals surface area contributed by atoms with Gasteiger partial charge in [0.05, 0.1) is 0 Å². The van der Waals surface area contributed by atoms with Crippen molar-refractivity contribution in [2.24, 2.45) is 0 Å². The van der Waals surface area contributed by atoms with Crippen LogP contribution in [0, 0.1) is 6.92 Å². The molecule has 1 aromatic heterocycles. The van der Waals surface area contributed by atoms with Gasteiger partial charge in [0, 0.05) is 6.42 Å². The van der Waals surface area contributed by atoms with Crippen molar-refractivity contribution in [3.05, 3.63) is 23.2 Å². The Morgan fingerprint density at radius 3 is 2.62 bits per heavy atom. The Balaban J connectivity index is 2.77. The van der Waals surface area contributed by atoms with Gasteiger partial charge in [-0.05, 0) is 25.5 Å². The molecule has 16 heavy (non-hydrogen) atoms. The third-order valence-corrected chi connectivity index (χ3v) is 2.28. The van der Waals surface area contributed by atoms with E-state index in [1.54, 1.807) is 6.07 Å². The summed E-state index contributed by atoms with van der Waals surface area (Å²) < 4.78 is 5.30. The third-order valence-electron chi connectivity index (χ3n) is 2.28. The highest BCUT2D eigenvalue weighted by Crippen LogP contribution is 2.15. The van der Waals surface area contributed by atoms with E-state index in [2.05, 4.69) is 5.32 Å². The molecule has 0 aliphatic heterocycles. The molecule has 0 bridgehead atoms. The fraction of sp³-hybridized carbons (Fsp3) is 0.455. The maximum Gasteiger partial charge on any atom is 0.325 e. The molecule has 1 amide bonds. The van der Waals surface area contributed by atoms with Gasteiger partial charge in [0.25, 0.3) is 5.91 Å². The van der Waals surface area contributed by atoms with Gasteiger partial charge in [-0.3, -0.25) is 9.59 Å². The van der Waals surface area contributed by atoms with Crippen LogP contribution in [0.15, 0.2) is 10.5 Å². The van der Waals surface area contributed by atoms with Gasteiger partial charge in [-0.25, -0.2) is 0 Å². The van der Waals surface area contributed by atoms with E-state index in [-0.39, 0.29) is 5.76 Å². The predicted molar refractivity (Wildman–Crippen MR) is 57.4 cm³/mol. The lowest BCUT2D eigenvalue weighted by atomic mass is 10.2. The molecule has 5 heteroatoms. The number of aliphatic carboxylic acids is 1. The van der Waals surface area contributed by atoms with Crippen LogP contribution in [0.5, 0.6) is 0 Å². The number of furan rings is 1. The van der Waals surface area contributed by atoms with Gasteiger partial charge in [-0.2, -0.15) is 0 Å². The molecular weight excluding hydrogens is 210 g/mol. The number of amides is 1. The topological polar surface area (TPSA) is 79.5 Å². The number of hydrogen-bond donors (Lipinski definition) is 2. The van der Waals surface area contributed by atoms with E-state index in [0.717, 1.165) is 11.3 Å². The molecule has 0 aliphatic rings. The zero-order chi connectivity index (χ0) is 12.3. The van der Waals surface area contributed by atoms with E-state index in [9.17, 15) is 9.59 Å². The highest BCUT2D eigenvalue weighted by molar-refractivity contribution is 5.94. The molecule has 0 saturated carbocycles. The van der Waals surface area contributed by atoms with E-state index in [1.807, 2.05) is 13.8 Å². The fourth-order valence-corrected chi connectivity index (χ4v) is 1.31. The van der Waals surface area contributed by atoms with Crippen molar-refractivity contribution < 1.29 is 19.1 Å². The average molecular weight is 225 g/mol. The first-order valence-electron chi connectivity index (χ1n) is 5.08. The monoisotopic (exact) mass is 225 g/mol. The lowest BCUT2D eigenvalue weighted by molar-refractivity contribution is -0.138. The molecule has 0 radical (unpaired) electrons. The molecule has 0 aromatic carbocycles. The molecular formula is C11H15NO4. The summed E-state index contributed by atoms with van der Waals surface area (Å²) in [5, 5.41) is 11.0. The minimum atomic E-state index is -1.08. The van der Waals surface area contributed by atoms with Gasteiger partial charge in [0.1, 0.15) is 11.8 Å². The number of carbonyl (C=O) groups excluding carboxylic acids is 1. The second-order valence-electron chi connectivity index (χ2n) is 3.60. The first-order chi connectivity index (χ1) is 7.45. The smallest absolute Gasteiger partial charge is 0.325 e. The van der Waals surface area contributed by atoms with Crippen LogP contribution in [0.1, 0.15) is 35.7 Å². The van der Waals surface area contributed by atoms with E-state index < -0.39 is 17.9 Å². The Hall–Kier alpha value is -1.78. The van der Waals surface area contributed by atoms with Gasteiger partial charge in [-0.15, -0.1) is 0 Å². The van der Waals surface area contributed by atoms with Gasteiger partial charge in [0.15, 0.2) is 5.76 Å². The van der Waals surface area contributed by atoms with E-state index >= 15 is 0 Å². The van der Waals surface area contributed by atoms with Crippen LogP contribution in [0.25, 0.3) is 0 Å². The van der Waals surface area contributed by atoms with Crippen LogP contribution >= 0.6 is 0 Å². The quantitative estimate of drug-likeness (QED) is 0.810. The van der Waals surface area contributed by atoms with Gasteiger partial charge >= 0.3 is 5.97 Å². The molecule has 88 valence electrons. The Morgan fingerprint density at radius 1 is 1.56 bits per heavy atom. The first kappa shape index (κ1) is 12.3.